The molecular weight excluding hydrogens is 362 g/mol. The molecule has 2 atom stereocenters. The van der Waals surface area contributed by atoms with Gasteiger partial charge in [0.15, 0.2) is 5.71 Å². The molecule has 0 N–H and O–H groups in total. The van der Waals surface area contributed by atoms with Crippen molar-refractivity contribution in [1.29, 1.82) is 0 Å². The van der Waals surface area contributed by atoms with Crippen molar-refractivity contribution >= 4 is 35.0 Å². The third-order valence-electron chi connectivity index (χ3n) is 5.04. The highest BCUT2D eigenvalue weighted by molar-refractivity contribution is 6.46. The molecule has 28 heavy (non-hydrogen) atoms. The number of hydrogen-bond acceptors (Lipinski definition) is 7. The summed E-state index contributed by atoms with van der Waals surface area (Å²) in [6, 6.07) is 5.99. The monoisotopic (exact) mass is 385 g/mol. The smallest absolute Gasteiger partial charge is 0.355 e. The van der Waals surface area contributed by atoms with Crippen molar-refractivity contribution in [2.75, 3.05) is 12.0 Å². The molecule has 0 saturated carbocycles. The van der Waals surface area contributed by atoms with E-state index in [0.29, 0.717) is 5.69 Å². The number of benzene rings is 1. The Bertz CT molecular complexity index is 888. The number of ketones is 1. The quantitative estimate of drug-likeness (QED) is 0.562. The molecule has 148 valence electrons. The molecule has 3 rings (SSSR count). The van der Waals surface area contributed by atoms with Crippen LogP contribution in [0.2, 0.25) is 0 Å². The molecule has 8 heteroatoms. The third kappa shape index (κ3) is 3.08. The lowest BCUT2D eigenvalue weighted by molar-refractivity contribution is -0.133. The minimum absolute atomic E-state index is 0.0876. The van der Waals surface area contributed by atoms with Crippen molar-refractivity contribution < 1.29 is 23.9 Å². The number of esters is 1. The summed E-state index contributed by atoms with van der Waals surface area (Å²) in [5, 5.41) is 5.68. The first-order valence-electron chi connectivity index (χ1n) is 8.98. The number of anilines is 1. The van der Waals surface area contributed by atoms with E-state index in [1.54, 1.807) is 38.1 Å². The van der Waals surface area contributed by atoms with Gasteiger partial charge >= 0.3 is 5.97 Å². The number of ether oxygens (including phenoxy) is 1. The number of Topliss-reactive ketones (excluding diaryl/α,β-unsaturated/α-hetero) is 1. The highest BCUT2D eigenvalue weighted by Crippen LogP contribution is 2.39. The molecule has 1 aromatic carbocycles. The Kier molecular flexibility index (Phi) is 4.82. The maximum absolute atomic E-state index is 13.2. The Balaban J connectivity index is 2.07. The molecule has 1 aromatic rings. The topological polar surface area (TPSA) is 96.3 Å². The maximum Gasteiger partial charge on any atom is 0.355 e. The molecule has 0 radical (unpaired) electrons. The predicted octanol–water partition coefficient (Wildman–Crippen LogP) is 1.46. The van der Waals surface area contributed by atoms with Gasteiger partial charge in [-0.05, 0) is 39.8 Å². The van der Waals surface area contributed by atoms with Gasteiger partial charge in [-0.1, -0.05) is 17.7 Å². The number of amides is 2. The van der Waals surface area contributed by atoms with Gasteiger partial charge in [0.05, 0.1) is 18.3 Å². The van der Waals surface area contributed by atoms with Crippen LogP contribution in [0.3, 0.4) is 0 Å². The Labute approximate surface area is 163 Å². The first kappa shape index (κ1) is 19.7. The SMILES string of the molecule is COC(=O)C1=NN(C(C)(C)CC(C)=O)C2C(=O)N(c3ccc(C)cc3)C(=O)C12. The number of methoxy groups -OCH3 is 1. The molecule has 0 spiro atoms. The number of carbonyl (C=O) groups is 4. The zero-order valence-electron chi connectivity index (χ0n) is 16.6. The number of hydrazone groups is 1. The summed E-state index contributed by atoms with van der Waals surface area (Å²) < 4.78 is 4.78. The Morgan fingerprint density at radius 1 is 1.14 bits per heavy atom. The average molecular weight is 385 g/mol. The van der Waals surface area contributed by atoms with Crippen LogP contribution in [0.4, 0.5) is 5.69 Å². The molecule has 2 amide bonds. The molecule has 1 fully saturated rings. The molecule has 2 unspecified atom stereocenters. The van der Waals surface area contributed by atoms with E-state index >= 15 is 0 Å². The van der Waals surface area contributed by atoms with Gasteiger partial charge in [0.25, 0.3) is 5.91 Å². The van der Waals surface area contributed by atoms with Gasteiger partial charge in [0.1, 0.15) is 17.7 Å². The van der Waals surface area contributed by atoms with E-state index in [1.807, 2.05) is 6.92 Å². The first-order chi connectivity index (χ1) is 13.1. The van der Waals surface area contributed by atoms with Gasteiger partial charge in [0, 0.05) is 6.42 Å². The van der Waals surface area contributed by atoms with Crippen LogP contribution in [0.25, 0.3) is 0 Å². The number of fused-ring (bicyclic) bond motifs is 1. The first-order valence-corrected chi connectivity index (χ1v) is 8.98. The van der Waals surface area contributed by atoms with Crippen molar-refractivity contribution in [2.24, 2.45) is 11.0 Å². The number of carbonyl (C=O) groups excluding carboxylic acids is 4. The minimum atomic E-state index is -1.06. The van der Waals surface area contributed by atoms with Crippen molar-refractivity contribution in [3.63, 3.8) is 0 Å². The minimum Gasteiger partial charge on any atom is -0.464 e. The second-order valence-electron chi connectivity index (χ2n) is 7.78. The molecule has 0 aliphatic carbocycles. The molecule has 0 bridgehead atoms. The lowest BCUT2D eigenvalue weighted by atomic mass is 9.92. The van der Waals surface area contributed by atoms with E-state index in [9.17, 15) is 19.2 Å². The Morgan fingerprint density at radius 2 is 1.75 bits per heavy atom. The fourth-order valence-electron chi connectivity index (χ4n) is 3.83. The highest BCUT2D eigenvalue weighted by atomic mass is 16.5. The van der Waals surface area contributed by atoms with Crippen molar-refractivity contribution in [1.82, 2.24) is 5.01 Å². The summed E-state index contributed by atoms with van der Waals surface area (Å²) in [5.74, 6) is -2.91. The second kappa shape index (κ2) is 6.85. The van der Waals surface area contributed by atoms with E-state index in [1.165, 1.54) is 19.0 Å². The number of rotatable bonds is 5. The van der Waals surface area contributed by atoms with Gasteiger partial charge in [-0.15, -0.1) is 0 Å². The summed E-state index contributed by atoms with van der Waals surface area (Å²) in [7, 11) is 1.20. The van der Waals surface area contributed by atoms with Crippen LogP contribution >= 0.6 is 0 Å². The molecular formula is C20H23N3O5. The fourth-order valence-corrected chi connectivity index (χ4v) is 3.83. The van der Waals surface area contributed by atoms with Crippen LogP contribution in [0.5, 0.6) is 0 Å². The lowest BCUT2D eigenvalue weighted by Crippen LogP contribution is -2.50. The summed E-state index contributed by atoms with van der Waals surface area (Å²) in [4.78, 5) is 51.4. The molecule has 8 nitrogen and oxygen atoms in total. The number of nitrogens with zero attached hydrogens (tertiary/aromatic N) is 3. The van der Waals surface area contributed by atoms with Crippen LogP contribution in [0.15, 0.2) is 29.4 Å². The van der Waals surface area contributed by atoms with Crippen LogP contribution in [0.1, 0.15) is 32.8 Å². The van der Waals surface area contributed by atoms with E-state index in [-0.39, 0.29) is 17.9 Å². The van der Waals surface area contributed by atoms with Crippen molar-refractivity contribution in [3.05, 3.63) is 29.8 Å². The third-order valence-corrected chi connectivity index (χ3v) is 5.04. The molecule has 2 aliphatic heterocycles. The predicted molar refractivity (Wildman–Crippen MR) is 102 cm³/mol. The van der Waals surface area contributed by atoms with Gasteiger partial charge in [0.2, 0.25) is 5.91 Å². The largest absolute Gasteiger partial charge is 0.464 e. The second-order valence-corrected chi connectivity index (χ2v) is 7.78. The van der Waals surface area contributed by atoms with E-state index in [2.05, 4.69) is 5.10 Å². The normalized spacial score (nSPS) is 21.7. The van der Waals surface area contributed by atoms with Gasteiger partial charge < -0.3 is 4.74 Å². The maximum atomic E-state index is 13.2. The Morgan fingerprint density at radius 3 is 2.29 bits per heavy atom. The molecule has 2 heterocycles. The molecule has 2 aliphatic rings. The van der Waals surface area contributed by atoms with E-state index in [4.69, 9.17) is 4.74 Å². The van der Waals surface area contributed by atoms with E-state index < -0.39 is 35.3 Å². The van der Waals surface area contributed by atoms with E-state index in [0.717, 1.165) is 10.5 Å². The zero-order valence-corrected chi connectivity index (χ0v) is 16.6. The fraction of sp³-hybridized carbons (Fsp3) is 0.450. The summed E-state index contributed by atoms with van der Waals surface area (Å²) in [6.07, 6.45) is 0.111. The molecule has 1 saturated heterocycles. The van der Waals surface area contributed by atoms with Gasteiger partial charge in [-0.3, -0.25) is 19.4 Å². The number of imide groups is 1. The standard InChI is InChI=1S/C20H23N3O5/c1-11-6-8-13(9-7-11)22-17(25)14-15(19(27)28-5)21-23(16(14)18(22)26)20(3,4)10-12(2)24/h6-9,14,16H,10H2,1-5H3. The molecule has 0 aromatic heterocycles. The van der Waals surface area contributed by atoms with Crippen molar-refractivity contribution in [3.8, 4) is 0 Å². The van der Waals surface area contributed by atoms with Crippen molar-refractivity contribution in [2.45, 2.75) is 45.7 Å². The highest BCUT2D eigenvalue weighted by Gasteiger charge is 2.60. The van der Waals surface area contributed by atoms with Crippen LogP contribution < -0.4 is 4.90 Å². The summed E-state index contributed by atoms with van der Waals surface area (Å²) >= 11 is 0. The lowest BCUT2D eigenvalue weighted by Gasteiger charge is -2.36. The van der Waals surface area contributed by atoms with Crippen LogP contribution in [0, 0.1) is 12.8 Å². The van der Waals surface area contributed by atoms with Crippen LogP contribution in [-0.4, -0.2) is 53.0 Å². The van der Waals surface area contributed by atoms with Gasteiger partial charge in [-0.25, -0.2) is 9.69 Å². The van der Waals surface area contributed by atoms with Crippen LogP contribution in [-0.2, 0) is 23.9 Å². The average Bonchev–Trinajstić information content (AvgIpc) is 3.13. The number of hydrogen-bond donors (Lipinski definition) is 0. The zero-order chi connectivity index (χ0) is 20.8. The summed E-state index contributed by atoms with van der Waals surface area (Å²) in [6.45, 7) is 6.85. The number of aryl methyl sites for hydroxylation is 1. The Hall–Kier alpha value is -3.03. The summed E-state index contributed by atoms with van der Waals surface area (Å²) in [5.41, 5.74) is 0.453. The van der Waals surface area contributed by atoms with Gasteiger partial charge in [-0.2, -0.15) is 5.10 Å².